The monoisotopic (exact) mass is 259 g/mol. The van der Waals surface area contributed by atoms with Crippen molar-refractivity contribution in [3.8, 4) is 0 Å². The van der Waals surface area contributed by atoms with Crippen molar-refractivity contribution in [2.75, 3.05) is 13.1 Å². The number of fused-ring (bicyclic) bond motifs is 1. The largest absolute Gasteiger partial charge is 0.316 e. The van der Waals surface area contributed by atoms with Crippen LogP contribution in [-0.4, -0.2) is 18.9 Å². The van der Waals surface area contributed by atoms with Gasteiger partial charge in [0.25, 0.3) is 0 Å². The Labute approximate surface area is 116 Å². The van der Waals surface area contributed by atoms with Gasteiger partial charge >= 0.3 is 0 Å². The van der Waals surface area contributed by atoms with Gasteiger partial charge in [-0.05, 0) is 44.1 Å². The summed E-state index contributed by atoms with van der Waals surface area (Å²) in [4.78, 5) is 11.7. The summed E-state index contributed by atoms with van der Waals surface area (Å²) in [6, 6.07) is 0. The zero-order valence-corrected chi connectivity index (χ0v) is 12.0. The fraction of sp³-hybridized carbons (Fsp3) is 0.588. The van der Waals surface area contributed by atoms with Gasteiger partial charge in [0.15, 0.2) is 0 Å². The Morgan fingerprint density at radius 1 is 1.53 bits per heavy atom. The van der Waals surface area contributed by atoms with Gasteiger partial charge in [0.05, 0.1) is 0 Å². The number of ketones is 1. The third-order valence-corrected chi connectivity index (χ3v) is 4.60. The molecule has 104 valence electrons. The predicted octanol–water partition coefficient (Wildman–Crippen LogP) is 3.41. The highest BCUT2D eigenvalue weighted by atomic mass is 16.1. The molecule has 0 radical (unpaired) electrons. The molecule has 0 aromatic carbocycles. The SMILES string of the molecule is C=C(/C=C\C=C/C)C[C@]12CCC(=O)CC1CCNC2. The molecule has 1 N–H and O–H groups in total. The summed E-state index contributed by atoms with van der Waals surface area (Å²) < 4.78 is 0. The van der Waals surface area contributed by atoms with Crippen LogP contribution in [-0.2, 0) is 4.79 Å². The minimum absolute atomic E-state index is 0.267. The van der Waals surface area contributed by atoms with Gasteiger partial charge in [0, 0.05) is 19.4 Å². The molecule has 2 aliphatic rings. The Balaban J connectivity index is 2.05. The van der Waals surface area contributed by atoms with Gasteiger partial charge in [-0.25, -0.2) is 0 Å². The summed E-state index contributed by atoms with van der Waals surface area (Å²) in [5.74, 6) is 1.01. The Morgan fingerprint density at radius 2 is 2.37 bits per heavy atom. The molecule has 1 heterocycles. The minimum Gasteiger partial charge on any atom is -0.316 e. The lowest BCUT2D eigenvalue weighted by molar-refractivity contribution is -0.125. The maximum absolute atomic E-state index is 11.7. The third-order valence-electron chi connectivity index (χ3n) is 4.60. The molecule has 1 aliphatic carbocycles. The van der Waals surface area contributed by atoms with E-state index < -0.39 is 0 Å². The van der Waals surface area contributed by atoms with E-state index in [4.69, 9.17) is 0 Å². The fourth-order valence-electron chi connectivity index (χ4n) is 3.55. The first-order valence-electron chi connectivity index (χ1n) is 7.36. The average Bonchev–Trinajstić information content (AvgIpc) is 2.39. The molecule has 0 spiro atoms. The van der Waals surface area contributed by atoms with Crippen LogP contribution in [0.2, 0.25) is 0 Å². The quantitative estimate of drug-likeness (QED) is 0.784. The number of hydrogen-bond donors (Lipinski definition) is 1. The first kappa shape index (κ1) is 14.3. The van der Waals surface area contributed by atoms with Gasteiger partial charge in [0.2, 0.25) is 0 Å². The van der Waals surface area contributed by atoms with E-state index in [1.807, 2.05) is 19.1 Å². The van der Waals surface area contributed by atoms with E-state index in [9.17, 15) is 4.79 Å². The van der Waals surface area contributed by atoms with Crippen LogP contribution in [0.3, 0.4) is 0 Å². The van der Waals surface area contributed by atoms with E-state index >= 15 is 0 Å². The summed E-state index contributed by atoms with van der Waals surface area (Å²) in [7, 11) is 0. The van der Waals surface area contributed by atoms with Crippen LogP contribution in [0, 0.1) is 11.3 Å². The summed E-state index contributed by atoms with van der Waals surface area (Å²) in [5.41, 5.74) is 1.45. The normalized spacial score (nSPS) is 31.8. The van der Waals surface area contributed by atoms with E-state index in [1.54, 1.807) is 0 Å². The Morgan fingerprint density at radius 3 is 3.16 bits per heavy atom. The second kappa shape index (κ2) is 6.33. The second-order valence-electron chi connectivity index (χ2n) is 5.99. The van der Waals surface area contributed by atoms with E-state index in [0.29, 0.717) is 11.7 Å². The number of rotatable bonds is 4. The fourth-order valence-corrected chi connectivity index (χ4v) is 3.55. The highest BCUT2D eigenvalue weighted by Crippen LogP contribution is 2.47. The summed E-state index contributed by atoms with van der Waals surface area (Å²) >= 11 is 0. The maximum atomic E-state index is 11.7. The topological polar surface area (TPSA) is 29.1 Å². The van der Waals surface area contributed by atoms with Crippen molar-refractivity contribution in [3.05, 3.63) is 36.5 Å². The van der Waals surface area contributed by atoms with Gasteiger partial charge in [-0.3, -0.25) is 4.79 Å². The molecule has 2 atom stereocenters. The lowest BCUT2D eigenvalue weighted by Gasteiger charge is -2.47. The van der Waals surface area contributed by atoms with Crippen molar-refractivity contribution in [1.82, 2.24) is 5.32 Å². The molecule has 1 saturated carbocycles. The maximum Gasteiger partial charge on any atom is 0.133 e. The molecule has 1 saturated heterocycles. The molecule has 0 aromatic rings. The number of Topliss-reactive ketones (excluding diaryl/α,β-unsaturated/α-hetero) is 1. The summed E-state index contributed by atoms with van der Waals surface area (Å²) in [6.07, 6.45) is 12.9. The van der Waals surface area contributed by atoms with E-state index in [0.717, 1.165) is 45.2 Å². The molecule has 1 aliphatic heterocycles. The van der Waals surface area contributed by atoms with Crippen LogP contribution in [0.1, 0.15) is 39.0 Å². The molecule has 19 heavy (non-hydrogen) atoms. The Bertz CT molecular complexity index is 407. The highest BCUT2D eigenvalue weighted by molar-refractivity contribution is 5.79. The van der Waals surface area contributed by atoms with Crippen LogP contribution in [0.25, 0.3) is 0 Å². The molecule has 2 nitrogen and oxygen atoms in total. The highest BCUT2D eigenvalue weighted by Gasteiger charge is 2.44. The van der Waals surface area contributed by atoms with Crippen molar-refractivity contribution < 1.29 is 4.79 Å². The lowest BCUT2D eigenvalue weighted by Crippen LogP contribution is -2.49. The van der Waals surface area contributed by atoms with E-state index in [1.165, 1.54) is 5.57 Å². The molecular formula is C17H25NO. The number of carbonyl (C=O) groups excluding carboxylic acids is 1. The molecule has 2 fully saturated rings. The zero-order chi connectivity index (χ0) is 13.7. The van der Waals surface area contributed by atoms with Crippen LogP contribution < -0.4 is 5.32 Å². The molecule has 0 bridgehead atoms. The van der Waals surface area contributed by atoms with Gasteiger partial charge in [-0.2, -0.15) is 0 Å². The van der Waals surface area contributed by atoms with Crippen LogP contribution >= 0.6 is 0 Å². The first-order valence-corrected chi connectivity index (χ1v) is 7.36. The third kappa shape index (κ3) is 3.44. The van der Waals surface area contributed by atoms with Gasteiger partial charge in [-0.15, -0.1) is 0 Å². The summed E-state index contributed by atoms with van der Waals surface area (Å²) in [6.45, 7) is 8.30. The molecule has 2 heteroatoms. The Kier molecular flexibility index (Phi) is 4.76. The predicted molar refractivity (Wildman–Crippen MR) is 80.0 cm³/mol. The van der Waals surface area contributed by atoms with Gasteiger partial charge in [-0.1, -0.05) is 36.5 Å². The van der Waals surface area contributed by atoms with Crippen molar-refractivity contribution in [2.24, 2.45) is 11.3 Å². The van der Waals surface area contributed by atoms with Gasteiger partial charge in [0.1, 0.15) is 5.78 Å². The van der Waals surface area contributed by atoms with Crippen LogP contribution in [0.4, 0.5) is 0 Å². The molecule has 0 aromatic heterocycles. The van der Waals surface area contributed by atoms with E-state index in [2.05, 4.69) is 24.0 Å². The van der Waals surface area contributed by atoms with Crippen molar-refractivity contribution in [2.45, 2.75) is 39.0 Å². The van der Waals surface area contributed by atoms with E-state index in [-0.39, 0.29) is 5.41 Å². The smallest absolute Gasteiger partial charge is 0.133 e. The van der Waals surface area contributed by atoms with Gasteiger partial charge < -0.3 is 5.32 Å². The molecule has 0 amide bonds. The number of hydrogen-bond acceptors (Lipinski definition) is 2. The van der Waals surface area contributed by atoms with Crippen molar-refractivity contribution in [1.29, 1.82) is 0 Å². The number of piperidine rings is 1. The lowest BCUT2D eigenvalue weighted by atomic mass is 9.60. The molecular weight excluding hydrogens is 234 g/mol. The number of carbonyl (C=O) groups is 1. The van der Waals surface area contributed by atoms with Crippen LogP contribution in [0.15, 0.2) is 36.5 Å². The average molecular weight is 259 g/mol. The molecule has 2 rings (SSSR count). The standard InChI is InChI=1S/C17H25NO/c1-3-4-5-6-14(2)12-17-9-7-16(19)11-15(17)8-10-18-13-17/h3-6,15,18H,2,7-13H2,1H3/b4-3-,6-5-/t15?,17-/m0/s1. The first-order chi connectivity index (χ1) is 9.16. The second-order valence-corrected chi connectivity index (χ2v) is 5.99. The van der Waals surface area contributed by atoms with Crippen LogP contribution in [0.5, 0.6) is 0 Å². The zero-order valence-electron chi connectivity index (χ0n) is 12.0. The summed E-state index contributed by atoms with van der Waals surface area (Å²) in [5, 5.41) is 3.52. The number of allylic oxidation sites excluding steroid dienone is 5. The molecule has 1 unspecified atom stereocenters. The minimum atomic E-state index is 0.267. The van der Waals surface area contributed by atoms with Crippen molar-refractivity contribution >= 4 is 5.78 Å². The Hall–Kier alpha value is -1.15. The number of nitrogens with one attached hydrogen (secondary N) is 1. The van der Waals surface area contributed by atoms with Crippen molar-refractivity contribution in [3.63, 3.8) is 0 Å².